The number of benzene rings is 6. The Morgan fingerprint density at radius 1 is 0.554 bits per heavy atom. The van der Waals surface area contributed by atoms with Gasteiger partial charge in [0.15, 0.2) is 0 Å². The molecular weight excluding hydrogens is 1310 g/mol. The van der Waals surface area contributed by atoms with Crippen molar-refractivity contribution in [3.63, 3.8) is 0 Å². The van der Waals surface area contributed by atoms with Gasteiger partial charge in [0.05, 0.1) is 50.6 Å². The van der Waals surface area contributed by atoms with E-state index in [1.807, 2.05) is 81.4 Å². The number of aliphatic hydroxyl groups is 1. The fourth-order valence-electron chi connectivity index (χ4n) is 13.0. The van der Waals surface area contributed by atoms with E-state index in [2.05, 4.69) is 180 Å². The number of nitrogens with zero attached hydrogens (tertiary/aromatic N) is 6. The number of alkyl carbamates (subject to hydrolysis) is 1. The molecule has 3 aliphatic rings. The van der Waals surface area contributed by atoms with Crippen LogP contribution in [-0.2, 0) is 27.8 Å². The van der Waals surface area contributed by atoms with E-state index in [1.165, 1.54) is 24.0 Å². The van der Waals surface area contributed by atoms with E-state index in [0.717, 1.165) is 162 Å². The zero-order chi connectivity index (χ0) is 70.6. The van der Waals surface area contributed by atoms with Crippen molar-refractivity contribution in [3.05, 3.63) is 272 Å². The molecule has 12 aromatic rings. The number of halogens is 4. The van der Waals surface area contributed by atoms with Crippen LogP contribution in [0.2, 0.25) is 5.15 Å². The average Bonchev–Trinajstić information content (AvgIpc) is 0.777. The third-order valence-corrected chi connectivity index (χ3v) is 19.0. The number of carbonyl (C=O) groups excluding carboxylic acids is 1. The van der Waals surface area contributed by atoms with Crippen LogP contribution in [0.25, 0.3) is 106 Å². The summed E-state index contributed by atoms with van der Waals surface area (Å²) in [6.07, 6.45) is 16.6. The van der Waals surface area contributed by atoms with Gasteiger partial charge in [0.1, 0.15) is 10.8 Å². The first-order valence-electron chi connectivity index (χ1n) is 33.5. The molecule has 12 nitrogen and oxygen atoms in total. The average molecular weight is 1390 g/mol. The Kier molecular flexibility index (Phi) is 24.9. The number of pyridine rings is 6. The zero-order valence-electron chi connectivity index (χ0n) is 57.3. The molecule has 6 heterocycles. The van der Waals surface area contributed by atoms with Gasteiger partial charge in [0.2, 0.25) is 0 Å². The van der Waals surface area contributed by atoms with Gasteiger partial charge in [-0.05, 0) is 154 Å². The molecule has 3 saturated carbocycles. The maximum absolute atomic E-state index is 12.5. The predicted molar refractivity (Wildman–Crippen MR) is 400 cm³/mol. The summed E-state index contributed by atoms with van der Waals surface area (Å²) in [5.74, 6) is 0. The number of rotatable bonds is 13. The first-order valence-corrected chi connectivity index (χ1v) is 33.9. The standard InChI is InChI=1S/C29H28ClN3O2.C26H25N3O.C26H23N3.C2H3.BF3.K/c1-28(2,3)35-27(34)33-29(15-7-16-29)21-12-10-20(11-13-21)25-22(19-8-5-4-6-9-19)18-23-24(32-25)14-17-31-26(23)30;27-26(13-4-14-26)20-9-7-19(8-10-20)25-21(18-5-2-1-3-6-18)17-22-23(12-16-30)28-15-11-24(22)29-25;1-2-23-22-17-21(18-7-4-3-5-8-18)25(29-24(22)13-16-28-23)19-9-11-20(12-10-19)26(27)14-6-15-26;1-2;2-1(3)4;/h4-6,8-14,17-18H,7,15-16H2,1-3H3,(H,33,34);1-3,5-11,15,17,30H,4,12-14,16,27H2;2-5,7-13,16-17H,1,6,14-15,27H2;1H,2H2;;/q;;;-1;;+1. The van der Waals surface area contributed by atoms with Crippen molar-refractivity contribution in [2.45, 2.75) is 107 Å². The molecular formula is C83H79BClF3KN9O3. The second-order valence-corrected chi connectivity index (χ2v) is 26.6. The van der Waals surface area contributed by atoms with Crippen LogP contribution in [0.5, 0.6) is 0 Å². The van der Waals surface area contributed by atoms with Crippen LogP contribution in [0, 0.1) is 6.58 Å². The third kappa shape index (κ3) is 17.5. The number of fused-ring (bicyclic) bond motifs is 3. The van der Waals surface area contributed by atoms with Gasteiger partial charge >= 0.3 is 65.0 Å². The van der Waals surface area contributed by atoms with E-state index in [-0.39, 0.29) is 80.7 Å². The largest absolute Gasteiger partial charge is 1.00 e. The Labute approximate surface area is 636 Å². The van der Waals surface area contributed by atoms with Crippen LogP contribution in [0.15, 0.2) is 232 Å². The molecule has 1 amide bonds. The normalized spacial score (nSPS) is 14.3. The van der Waals surface area contributed by atoms with Crippen molar-refractivity contribution in [1.29, 1.82) is 0 Å². The van der Waals surface area contributed by atoms with Crippen molar-refractivity contribution >= 4 is 64.0 Å². The Bertz CT molecular complexity index is 4810. The fourth-order valence-corrected chi connectivity index (χ4v) is 13.3. The monoisotopic (exact) mass is 1390 g/mol. The van der Waals surface area contributed by atoms with Gasteiger partial charge < -0.3 is 33.2 Å². The summed E-state index contributed by atoms with van der Waals surface area (Å²) < 4.78 is 34.5. The zero-order valence-corrected chi connectivity index (χ0v) is 61.2. The fraction of sp³-hybridized carbons (Fsp3) is 0.217. The predicted octanol–water partition coefficient (Wildman–Crippen LogP) is 16.8. The van der Waals surface area contributed by atoms with Gasteiger partial charge in [-0.25, -0.2) is 24.7 Å². The molecule has 0 atom stereocenters. The Hall–Kier alpha value is -8.59. The van der Waals surface area contributed by atoms with Crippen LogP contribution in [-0.4, -0.2) is 60.9 Å². The number of nitrogens with one attached hydrogen (secondary N) is 1. The van der Waals surface area contributed by atoms with Gasteiger partial charge in [0, 0.05) is 92.2 Å². The molecule has 0 radical (unpaired) electrons. The molecule has 0 saturated heterocycles. The molecule has 6 aromatic heterocycles. The molecule has 3 fully saturated rings. The van der Waals surface area contributed by atoms with E-state index in [1.54, 1.807) is 24.7 Å². The molecule has 3 aliphatic carbocycles. The molecule has 18 heteroatoms. The minimum atomic E-state index is -3.67. The SMILES string of the molecule is C=Cc1nccc2nc(-c3ccc(C4(N)CCC4)cc3)c(-c3ccccc3)cc12.CC(C)(C)OC(=O)NC1(c2ccc(-c3nc4ccnc(Cl)c4cc3-c3ccccc3)cc2)CCC1.FB(F)F.NC1(c2ccc(-c3nc4ccnc(CCO)c4cc3-c3ccccc3)cc2)CCC1.[CH-]=C.[K+]. The summed E-state index contributed by atoms with van der Waals surface area (Å²) in [6.45, 7) is 16.6. The van der Waals surface area contributed by atoms with E-state index in [4.69, 9.17) is 42.8 Å². The number of hydrogen-bond acceptors (Lipinski definition) is 11. The molecule has 0 unspecified atom stereocenters. The number of amides is 1. The molecule has 15 rings (SSSR count). The summed E-state index contributed by atoms with van der Waals surface area (Å²) in [5, 5.41) is 15.8. The molecule has 0 spiro atoms. The summed E-state index contributed by atoms with van der Waals surface area (Å²) in [6, 6.07) is 68.6. The van der Waals surface area contributed by atoms with Gasteiger partial charge in [-0.15, -0.1) is 0 Å². The van der Waals surface area contributed by atoms with Gasteiger partial charge in [-0.1, -0.05) is 182 Å². The maximum atomic E-state index is 12.5. The van der Waals surface area contributed by atoms with Crippen LogP contribution in [0.4, 0.5) is 17.7 Å². The number of nitrogens with two attached hydrogens (primary N) is 2. The summed E-state index contributed by atoms with van der Waals surface area (Å²) in [5.41, 5.74) is 32.0. The summed E-state index contributed by atoms with van der Waals surface area (Å²) in [7, 11) is -3.67. The van der Waals surface area contributed by atoms with Crippen LogP contribution in [0.3, 0.4) is 0 Å². The van der Waals surface area contributed by atoms with E-state index in [9.17, 15) is 22.8 Å². The first-order chi connectivity index (χ1) is 48.3. The van der Waals surface area contributed by atoms with Gasteiger partial charge in [-0.2, -0.15) is 0 Å². The minimum Gasteiger partial charge on any atom is -0.521 e. The number of aromatic nitrogens is 6. The van der Waals surface area contributed by atoms with Crippen LogP contribution in [0.1, 0.15) is 107 Å². The second kappa shape index (κ2) is 33.5. The van der Waals surface area contributed by atoms with Crippen molar-refractivity contribution in [2.24, 2.45) is 11.5 Å². The quantitative estimate of drug-likeness (QED) is 0.0489. The Morgan fingerprint density at radius 2 is 0.921 bits per heavy atom. The van der Waals surface area contributed by atoms with Crippen LogP contribution < -0.4 is 68.2 Å². The summed E-state index contributed by atoms with van der Waals surface area (Å²) in [4.78, 5) is 40.7. The number of hydrogen-bond donors (Lipinski definition) is 4. The molecule has 101 heavy (non-hydrogen) atoms. The maximum Gasteiger partial charge on any atom is 1.00 e. The Morgan fingerprint density at radius 3 is 1.30 bits per heavy atom. The molecule has 0 bridgehead atoms. The van der Waals surface area contributed by atoms with Crippen molar-refractivity contribution in [2.75, 3.05) is 6.61 Å². The molecule has 0 aliphatic heterocycles. The first kappa shape index (κ1) is 75.1. The molecule has 6 aromatic carbocycles. The Balaban J connectivity index is 0.000000157. The second-order valence-electron chi connectivity index (χ2n) is 26.2. The van der Waals surface area contributed by atoms with E-state index >= 15 is 0 Å². The topological polar surface area (TPSA) is 188 Å². The number of ether oxygens (including phenoxy) is 1. The number of aliphatic hydroxyl groups excluding tert-OH is 1. The van der Waals surface area contributed by atoms with Crippen LogP contribution >= 0.6 is 11.6 Å². The van der Waals surface area contributed by atoms with Crippen molar-refractivity contribution in [3.8, 4) is 67.2 Å². The van der Waals surface area contributed by atoms with Crippen molar-refractivity contribution < 1.29 is 79.0 Å². The van der Waals surface area contributed by atoms with Crippen molar-refractivity contribution in [1.82, 2.24) is 35.2 Å². The third-order valence-electron chi connectivity index (χ3n) is 18.7. The summed E-state index contributed by atoms with van der Waals surface area (Å²) >= 11 is 6.39. The van der Waals surface area contributed by atoms with E-state index < -0.39 is 13.1 Å². The van der Waals surface area contributed by atoms with E-state index in [0.29, 0.717) is 11.6 Å². The van der Waals surface area contributed by atoms with Gasteiger partial charge in [-0.3, -0.25) is 29.5 Å². The molecule has 6 N–H and O–H groups in total. The molecule has 506 valence electrons. The van der Waals surface area contributed by atoms with Gasteiger partial charge in [0.25, 0.3) is 0 Å². The number of carbonyl (C=O) groups is 1. The smallest absolute Gasteiger partial charge is 0.521 e. The minimum absolute atomic E-state index is 0.